The molecule has 0 radical (unpaired) electrons. The van der Waals surface area contributed by atoms with Gasteiger partial charge in [0, 0.05) is 6.42 Å². The second-order valence-electron chi connectivity index (χ2n) is 5.88. The number of rotatable bonds is 5. The van der Waals surface area contributed by atoms with Crippen molar-refractivity contribution in [2.75, 3.05) is 6.61 Å². The quantitative estimate of drug-likeness (QED) is 0.886. The lowest BCUT2D eigenvalue weighted by Crippen LogP contribution is -2.36. The summed E-state index contributed by atoms with van der Waals surface area (Å²) in [6, 6.07) is 13.5. The molecule has 5 nitrogen and oxygen atoms in total. The average molecular weight is 325 g/mol. The molecule has 5 heteroatoms. The number of hydrogen-bond acceptors (Lipinski definition) is 3. The maximum atomic E-state index is 12.5. The molecule has 24 heavy (non-hydrogen) atoms. The molecule has 0 bridgehead atoms. The molecule has 1 heterocycles. The number of carbonyl (C=O) groups excluding carboxylic acids is 1. The van der Waals surface area contributed by atoms with Crippen molar-refractivity contribution >= 4 is 11.9 Å². The Balaban J connectivity index is 1.79. The molecular weight excluding hydrogens is 306 g/mol. The topological polar surface area (TPSA) is 75.6 Å². The number of aliphatic carboxylic acids is 1. The molecule has 0 saturated heterocycles. The molecule has 3 rings (SSSR count). The summed E-state index contributed by atoms with van der Waals surface area (Å²) in [4.78, 5) is 24.1. The van der Waals surface area contributed by atoms with E-state index < -0.39 is 17.9 Å². The van der Waals surface area contributed by atoms with Gasteiger partial charge in [0.25, 0.3) is 0 Å². The highest BCUT2D eigenvalue weighted by atomic mass is 16.5. The lowest BCUT2D eigenvalue weighted by atomic mass is 9.98. The molecule has 0 spiro atoms. The third kappa shape index (κ3) is 3.25. The Kier molecular flexibility index (Phi) is 4.51. The highest BCUT2D eigenvalue weighted by Crippen LogP contribution is 2.28. The summed E-state index contributed by atoms with van der Waals surface area (Å²) < 4.78 is 5.44. The first-order chi connectivity index (χ1) is 11.6. The minimum Gasteiger partial charge on any atom is -0.493 e. The van der Waals surface area contributed by atoms with Gasteiger partial charge in [-0.15, -0.1) is 0 Å². The van der Waals surface area contributed by atoms with Gasteiger partial charge >= 0.3 is 5.97 Å². The van der Waals surface area contributed by atoms with Crippen LogP contribution in [0.15, 0.2) is 48.5 Å². The van der Waals surface area contributed by atoms with Crippen molar-refractivity contribution in [2.24, 2.45) is 0 Å². The maximum Gasteiger partial charge on any atom is 0.330 e. The van der Waals surface area contributed by atoms with Crippen LogP contribution in [0.5, 0.6) is 5.75 Å². The van der Waals surface area contributed by atoms with Crippen molar-refractivity contribution in [1.29, 1.82) is 0 Å². The number of benzene rings is 2. The Hall–Kier alpha value is -2.82. The molecule has 0 aromatic heterocycles. The second-order valence-corrected chi connectivity index (χ2v) is 5.88. The van der Waals surface area contributed by atoms with Crippen LogP contribution in [-0.2, 0) is 16.0 Å². The van der Waals surface area contributed by atoms with Crippen LogP contribution < -0.4 is 10.1 Å². The van der Waals surface area contributed by atoms with Crippen LogP contribution in [0.25, 0.3) is 0 Å². The summed E-state index contributed by atoms with van der Waals surface area (Å²) in [6.07, 6.45) is 0.754. The third-order valence-corrected chi connectivity index (χ3v) is 4.27. The summed E-state index contributed by atoms with van der Waals surface area (Å²) >= 11 is 0. The molecule has 2 aromatic rings. The van der Waals surface area contributed by atoms with Gasteiger partial charge in [-0.1, -0.05) is 36.4 Å². The van der Waals surface area contributed by atoms with E-state index >= 15 is 0 Å². The molecule has 0 fully saturated rings. The van der Waals surface area contributed by atoms with Crippen LogP contribution in [0.2, 0.25) is 0 Å². The molecule has 1 aliphatic rings. The van der Waals surface area contributed by atoms with E-state index in [1.54, 1.807) is 25.1 Å². The molecule has 2 atom stereocenters. The number of fused-ring (bicyclic) bond motifs is 1. The van der Waals surface area contributed by atoms with Gasteiger partial charge in [-0.3, -0.25) is 4.79 Å². The minimum absolute atomic E-state index is 0.314. The van der Waals surface area contributed by atoms with E-state index in [4.69, 9.17) is 4.74 Å². The van der Waals surface area contributed by atoms with Crippen LogP contribution in [0.3, 0.4) is 0 Å². The third-order valence-electron chi connectivity index (χ3n) is 4.27. The molecule has 124 valence electrons. The molecule has 1 amide bonds. The van der Waals surface area contributed by atoms with E-state index in [1.807, 2.05) is 30.3 Å². The van der Waals surface area contributed by atoms with Crippen LogP contribution in [0.1, 0.15) is 35.6 Å². The Morgan fingerprint density at radius 3 is 2.58 bits per heavy atom. The van der Waals surface area contributed by atoms with Crippen LogP contribution >= 0.6 is 0 Å². The highest BCUT2D eigenvalue weighted by molar-refractivity contribution is 5.88. The van der Waals surface area contributed by atoms with Crippen molar-refractivity contribution in [1.82, 2.24) is 5.32 Å². The fraction of sp³-hybridized carbons (Fsp3) is 0.263. The summed E-state index contributed by atoms with van der Waals surface area (Å²) in [6.45, 7) is 2.37. The predicted molar refractivity (Wildman–Crippen MR) is 89.0 cm³/mol. The number of carbonyl (C=O) groups is 2. The normalized spacial score (nSPS) is 15.0. The van der Waals surface area contributed by atoms with Gasteiger partial charge in [0.2, 0.25) is 5.91 Å². The van der Waals surface area contributed by atoms with Crippen molar-refractivity contribution in [2.45, 2.75) is 25.3 Å². The fourth-order valence-corrected chi connectivity index (χ4v) is 2.83. The van der Waals surface area contributed by atoms with Crippen molar-refractivity contribution in [3.8, 4) is 5.75 Å². The zero-order valence-corrected chi connectivity index (χ0v) is 13.4. The zero-order valence-electron chi connectivity index (χ0n) is 13.4. The van der Waals surface area contributed by atoms with Gasteiger partial charge in [0.05, 0.1) is 12.5 Å². The molecule has 1 unspecified atom stereocenters. The van der Waals surface area contributed by atoms with Gasteiger partial charge < -0.3 is 15.2 Å². The number of ether oxygens (including phenoxy) is 1. The summed E-state index contributed by atoms with van der Waals surface area (Å²) in [7, 11) is 0. The number of hydrogen-bond donors (Lipinski definition) is 2. The smallest absolute Gasteiger partial charge is 0.330 e. The van der Waals surface area contributed by atoms with Crippen molar-refractivity contribution < 1.29 is 19.4 Å². The second kappa shape index (κ2) is 6.74. The van der Waals surface area contributed by atoms with Crippen LogP contribution in [-0.4, -0.2) is 23.6 Å². The fourth-order valence-electron chi connectivity index (χ4n) is 2.83. The molecule has 2 aromatic carbocycles. The number of carboxylic acids is 1. The number of amides is 1. The molecule has 0 saturated carbocycles. The largest absolute Gasteiger partial charge is 0.493 e. The maximum absolute atomic E-state index is 12.5. The number of carboxylic acid groups (broad SMARTS) is 1. The van der Waals surface area contributed by atoms with Gasteiger partial charge in [0.1, 0.15) is 5.75 Å². The van der Waals surface area contributed by atoms with Crippen LogP contribution in [0.4, 0.5) is 0 Å². The standard InChI is InChI=1S/C19H19NO4/c1-12(13-5-3-2-4-6-13)18(21)20-17(19(22)23)15-7-8-16-14(11-15)9-10-24-16/h2-8,11-12,17H,9-10H2,1H3,(H,20,21)(H,22,23)/t12-,17?/m1/s1. The van der Waals surface area contributed by atoms with Crippen LogP contribution in [0, 0.1) is 0 Å². The van der Waals surface area contributed by atoms with Crippen molar-refractivity contribution in [3.63, 3.8) is 0 Å². The van der Waals surface area contributed by atoms with Gasteiger partial charge in [-0.05, 0) is 35.7 Å². The Morgan fingerprint density at radius 1 is 1.12 bits per heavy atom. The van der Waals surface area contributed by atoms with E-state index in [-0.39, 0.29) is 5.91 Å². The van der Waals surface area contributed by atoms with E-state index in [2.05, 4.69) is 5.32 Å². The lowest BCUT2D eigenvalue weighted by molar-refractivity contribution is -0.142. The summed E-state index contributed by atoms with van der Waals surface area (Å²) in [5.74, 6) is -1.04. The summed E-state index contributed by atoms with van der Waals surface area (Å²) in [5, 5.41) is 12.2. The van der Waals surface area contributed by atoms with Gasteiger partial charge in [0.15, 0.2) is 6.04 Å². The Bertz CT molecular complexity index is 757. The first kappa shape index (κ1) is 16.1. The van der Waals surface area contributed by atoms with Gasteiger partial charge in [-0.25, -0.2) is 4.79 Å². The Morgan fingerprint density at radius 2 is 1.88 bits per heavy atom. The van der Waals surface area contributed by atoms with E-state index in [9.17, 15) is 14.7 Å². The van der Waals surface area contributed by atoms with E-state index in [0.717, 1.165) is 23.3 Å². The molecule has 2 N–H and O–H groups in total. The molecule has 1 aliphatic heterocycles. The SMILES string of the molecule is C[C@@H](C(=O)NC(C(=O)O)c1ccc2c(c1)CCO2)c1ccccc1. The molecule has 0 aliphatic carbocycles. The monoisotopic (exact) mass is 325 g/mol. The number of nitrogens with one attached hydrogen (secondary N) is 1. The summed E-state index contributed by atoms with van der Waals surface area (Å²) in [5.41, 5.74) is 2.38. The lowest BCUT2D eigenvalue weighted by Gasteiger charge is -2.19. The van der Waals surface area contributed by atoms with E-state index in [1.165, 1.54) is 0 Å². The predicted octanol–water partition coefficient (Wildman–Crippen LogP) is 2.67. The Labute approximate surface area is 140 Å². The van der Waals surface area contributed by atoms with Gasteiger partial charge in [-0.2, -0.15) is 0 Å². The first-order valence-electron chi connectivity index (χ1n) is 7.90. The van der Waals surface area contributed by atoms with Crippen molar-refractivity contribution in [3.05, 3.63) is 65.2 Å². The average Bonchev–Trinajstić information content (AvgIpc) is 3.06. The minimum atomic E-state index is -1.08. The first-order valence-corrected chi connectivity index (χ1v) is 7.90. The zero-order chi connectivity index (χ0) is 17.1. The molecular formula is C19H19NO4. The van der Waals surface area contributed by atoms with E-state index in [0.29, 0.717) is 12.2 Å². The highest BCUT2D eigenvalue weighted by Gasteiger charge is 2.26.